The van der Waals surface area contributed by atoms with Crippen molar-refractivity contribution in [1.82, 2.24) is 5.32 Å². The van der Waals surface area contributed by atoms with Crippen LogP contribution in [0.4, 0.5) is 0 Å². The number of rotatable bonds is 7. The molecule has 6 heteroatoms. The van der Waals surface area contributed by atoms with Crippen LogP contribution in [-0.4, -0.2) is 25.7 Å². The normalized spacial score (nSPS) is 10.5. The van der Waals surface area contributed by atoms with Crippen molar-refractivity contribution in [2.24, 2.45) is 5.73 Å². The lowest BCUT2D eigenvalue weighted by atomic mass is 10.4. The number of hydrogen-bond donors (Lipinski definition) is 2. The van der Waals surface area contributed by atoms with Crippen LogP contribution in [0.3, 0.4) is 0 Å². The highest BCUT2D eigenvalue weighted by Gasteiger charge is 1.97. The van der Waals surface area contributed by atoms with Crippen LogP contribution in [0.5, 0.6) is 0 Å². The Kier molecular flexibility index (Phi) is 5.63. The molecule has 1 aromatic rings. The predicted molar refractivity (Wildman–Crippen MR) is 61.0 cm³/mol. The van der Waals surface area contributed by atoms with Crippen LogP contribution in [0.15, 0.2) is 11.4 Å². The Morgan fingerprint density at radius 1 is 1.67 bits per heavy atom. The highest BCUT2D eigenvalue weighted by atomic mass is 35.5. The lowest BCUT2D eigenvalue weighted by Crippen LogP contribution is -2.23. The van der Waals surface area contributed by atoms with Gasteiger partial charge in [0.25, 0.3) is 0 Å². The minimum absolute atomic E-state index is 0.0213. The van der Waals surface area contributed by atoms with Gasteiger partial charge in [-0.3, -0.25) is 4.79 Å². The average molecular weight is 249 g/mol. The molecule has 1 aromatic heterocycles. The average Bonchev–Trinajstić information content (AvgIpc) is 2.57. The molecule has 0 aliphatic rings. The number of primary amides is 1. The van der Waals surface area contributed by atoms with Crippen LogP contribution in [0, 0.1) is 0 Å². The van der Waals surface area contributed by atoms with E-state index in [1.54, 1.807) is 11.3 Å². The molecule has 0 saturated carbocycles. The third kappa shape index (κ3) is 5.74. The quantitative estimate of drug-likeness (QED) is 0.708. The molecule has 0 spiro atoms. The third-order valence-corrected chi connectivity index (χ3v) is 2.87. The Balaban J connectivity index is 2.00. The second kappa shape index (κ2) is 6.79. The van der Waals surface area contributed by atoms with Crippen molar-refractivity contribution in [2.45, 2.75) is 6.54 Å². The van der Waals surface area contributed by atoms with Crippen LogP contribution in [-0.2, 0) is 16.1 Å². The fraction of sp³-hybridized carbons (Fsp3) is 0.444. The van der Waals surface area contributed by atoms with Gasteiger partial charge in [-0.05, 0) is 6.07 Å². The van der Waals surface area contributed by atoms with Gasteiger partial charge >= 0.3 is 0 Å². The first-order valence-electron chi connectivity index (χ1n) is 4.48. The maximum atomic E-state index is 10.3. The molecule has 1 amide bonds. The Bertz CT molecular complexity index is 317. The SMILES string of the molecule is NC(=O)COCCNCc1cc(Cl)cs1. The van der Waals surface area contributed by atoms with Crippen LogP contribution in [0.2, 0.25) is 5.02 Å². The zero-order valence-corrected chi connectivity index (χ0v) is 9.74. The second-order valence-electron chi connectivity index (χ2n) is 2.93. The lowest BCUT2D eigenvalue weighted by Gasteiger charge is -2.03. The Labute approximate surface area is 97.4 Å². The van der Waals surface area contributed by atoms with E-state index >= 15 is 0 Å². The van der Waals surface area contributed by atoms with Gasteiger partial charge in [0, 0.05) is 23.3 Å². The summed E-state index contributed by atoms with van der Waals surface area (Å²) >= 11 is 7.37. The molecule has 0 saturated heterocycles. The van der Waals surface area contributed by atoms with Crippen molar-refractivity contribution in [3.8, 4) is 0 Å². The zero-order chi connectivity index (χ0) is 11.1. The Morgan fingerprint density at radius 3 is 3.07 bits per heavy atom. The minimum Gasteiger partial charge on any atom is -0.370 e. The van der Waals surface area contributed by atoms with E-state index in [0.29, 0.717) is 13.2 Å². The van der Waals surface area contributed by atoms with Crippen LogP contribution in [0.25, 0.3) is 0 Å². The molecule has 1 heterocycles. The molecule has 0 fully saturated rings. The number of carbonyl (C=O) groups is 1. The Morgan fingerprint density at radius 2 is 2.47 bits per heavy atom. The van der Waals surface area contributed by atoms with Gasteiger partial charge in [-0.15, -0.1) is 11.3 Å². The van der Waals surface area contributed by atoms with E-state index in [2.05, 4.69) is 5.32 Å². The molecule has 0 atom stereocenters. The van der Waals surface area contributed by atoms with E-state index < -0.39 is 5.91 Å². The van der Waals surface area contributed by atoms with Crippen molar-refractivity contribution in [1.29, 1.82) is 0 Å². The molecule has 0 aliphatic heterocycles. The van der Waals surface area contributed by atoms with Gasteiger partial charge in [-0.1, -0.05) is 11.6 Å². The van der Waals surface area contributed by atoms with E-state index in [9.17, 15) is 4.79 Å². The molecule has 0 bridgehead atoms. The van der Waals surface area contributed by atoms with Gasteiger partial charge in [0.2, 0.25) is 5.91 Å². The van der Waals surface area contributed by atoms with Crippen molar-refractivity contribution in [3.63, 3.8) is 0 Å². The molecule has 0 unspecified atom stereocenters. The summed E-state index contributed by atoms with van der Waals surface area (Å²) in [6, 6.07) is 1.92. The van der Waals surface area contributed by atoms with Crippen LogP contribution < -0.4 is 11.1 Å². The summed E-state index contributed by atoms with van der Waals surface area (Å²) in [4.78, 5) is 11.5. The number of halogens is 1. The maximum Gasteiger partial charge on any atom is 0.243 e. The molecule has 84 valence electrons. The van der Waals surface area contributed by atoms with E-state index in [-0.39, 0.29) is 6.61 Å². The predicted octanol–water partition coefficient (Wildman–Crippen LogP) is 0.993. The molecule has 1 rings (SSSR count). The summed E-state index contributed by atoms with van der Waals surface area (Å²) in [5.74, 6) is -0.444. The fourth-order valence-electron chi connectivity index (χ4n) is 0.975. The first-order chi connectivity index (χ1) is 7.18. The first-order valence-corrected chi connectivity index (χ1v) is 5.74. The second-order valence-corrected chi connectivity index (χ2v) is 4.36. The van der Waals surface area contributed by atoms with E-state index in [1.807, 2.05) is 11.4 Å². The molecule has 3 N–H and O–H groups in total. The van der Waals surface area contributed by atoms with Gasteiger partial charge < -0.3 is 15.8 Å². The summed E-state index contributed by atoms with van der Waals surface area (Å²) < 4.78 is 4.98. The summed E-state index contributed by atoms with van der Waals surface area (Å²) in [6.07, 6.45) is 0. The summed E-state index contributed by atoms with van der Waals surface area (Å²) in [7, 11) is 0. The van der Waals surface area contributed by atoms with Crippen LogP contribution >= 0.6 is 22.9 Å². The van der Waals surface area contributed by atoms with E-state index in [0.717, 1.165) is 11.6 Å². The van der Waals surface area contributed by atoms with Crippen molar-refractivity contribution in [2.75, 3.05) is 19.8 Å². The molecular formula is C9H13ClN2O2S. The topological polar surface area (TPSA) is 64.4 Å². The van der Waals surface area contributed by atoms with Crippen molar-refractivity contribution >= 4 is 28.8 Å². The van der Waals surface area contributed by atoms with Gasteiger partial charge in [-0.2, -0.15) is 0 Å². The molecule has 4 nitrogen and oxygen atoms in total. The molecule has 15 heavy (non-hydrogen) atoms. The Hall–Kier alpha value is -0.620. The number of thiophene rings is 1. The van der Waals surface area contributed by atoms with Gasteiger partial charge in [0.15, 0.2) is 0 Å². The highest BCUT2D eigenvalue weighted by Crippen LogP contribution is 2.18. The fourth-order valence-corrected chi connectivity index (χ4v) is 2.02. The van der Waals surface area contributed by atoms with Gasteiger partial charge in [-0.25, -0.2) is 0 Å². The van der Waals surface area contributed by atoms with Gasteiger partial charge in [0.1, 0.15) is 6.61 Å². The third-order valence-electron chi connectivity index (χ3n) is 1.59. The van der Waals surface area contributed by atoms with E-state index in [1.165, 1.54) is 4.88 Å². The smallest absolute Gasteiger partial charge is 0.243 e. The number of nitrogens with two attached hydrogens (primary N) is 1. The van der Waals surface area contributed by atoms with Crippen molar-refractivity contribution in [3.05, 3.63) is 21.3 Å². The molecular weight excluding hydrogens is 236 g/mol. The first kappa shape index (κ1) is 12.4. The monoisotopic (exact) mass is 248 g/mol. The molecule has 0 aromatic carbocycles. The van der Waals surface area contributed by atoms with E-state index in [4.69, 9.17) is 22.1 Å². The standard InChI is InChI=1S/C9H13ClN2O2S/c10-7-3-8(15-6-7)4-12-1-2-14-5-9(11)13/h3,6,12H,1-2,4-5H2,(H2,11,13). The molecule has 0 aliphatic carbocycles. The number of hydrogen-bond acceptors (Lipinski definition) is 4. The van der Waals surface area contributed by atoms with Crippen LogP contribution in [0.1, 0.15) is 4.88 Å². The summed E-state index contributed by atoms with van der Waals surface area (Å²) in [6.45, 7) is 1.90. The lowest BCUT2D eigenvalue weighted by molar-refractivity contribution is -0.122. The number of carbonyl (C=O) groups excluding carboxylic acids is 1. The summed E-state index contributed by atoms with van der Waals surface area (Å²) in [5.41, 5.74) is 4.90. The zero-order valence-electron chi connectivity index (χ0n) is 8.16. The largest absolute Gasteiger partial charge is 0.370 e. The minimum atomic E-state index is -0.444. The highest BCUT2D eigenvalue weighted by molar-refractivity contribution is 7.10. The number of amides is 1. The molecule has 0 radical (unpaired) electrons. The maximum absolute atomic E-state index is 10.3. The summed E-state index contributed by atoms with van der Waals surface area (Å²) in [5, 5.41) is 5.82. The van der Waals surface area contributed by atoms with Gasteiger partial charge in [0.05, 0.1) is 11.6 Å². The number of ether oxygens (including phenoxy) is 1. The number of nitrogens with one attached hydrogen (secondary N) is 1. The van der Waals surface area contributed by atoms with Crippen molar-refractivity contribution < 1.29 is 9.53 Å².